The van der Waals surface area contributed by atoms with Crippen LogP contribution in [0.25, 0.3) is 0 Å². The highest BCUT2D eigenvalue weighted by Gasteiger charge is 2.32. The van der Waals surface area contributed by atoms with Gasteiger partial charge in [-0.3, -0.25) is 14.6 Å². The normalized spacial score (nSPS) is 18.0. The molecule has 1 atom stereocenters. The molecule has 170 valence electrons. The number of anilines is 1. The van der Waals surface area contributed by atoms with Crippen molar-refractivity contribution in [3.8, 4) is 0 Å². The Kier molecular flexibility index (Phi) is 6.20. The molecular formula is C25H24FN3O3S. The van der Waals surface area contributed by atoms with Gasteiger partial charge in [-0.1, -0.05) is 12.1 Å². The van der Waals surface area contributed by atoms with Crippen LogP contribution in [0.1, 0.15) is 55.7 Å². The van der Waals surface area contributed by atoms with Crippen LogP contribution < -0.4 is 5.32 Å². The van der Waals surface area contributed by atoms with Crippen molar-refractivity contribution in [1.82, 2.24) is 9.88 Å². The SMILES string of the molecule is O=C(Nc1sc2c(c1C(=O)N1CCOC(c3ccc(F)cc3)C1)CCCC2)c1cccnc1. The highest BCUT2D eigenvalue weighted by Crippen LogP contribution is 2.39. The molecule has 5 rings (SSSR count). The Morgan fingerprint density at radius 2 is 1.97 bits per heavy atom. The zero-order chi connectivity index (χ0) is 22.8. The largest absolute Gasteiger partial charge is 0.370 e. The maximum absolute atomic E-state index is 13.8. The minimum absolute atomic E-state index is 0.0914. The van der Waals surface area contributed by atoms with Crippen molar-refractivity contribution in [1.29, 1.82) is 0 Å². The summed E-state index contributed by atoms with van der Waals surface area (Å²) in [4.78, 5) is 33.6. The summed E-state index contributed by atoms with van der Waals surface area (Å²) >= 11 is 1.50. The predicted octanol–water partition coefficient (Wildman–Crippen LogP) is 4.63. The van der Waals surface area contributed by atoms with Gasteiger partial charge >= 0.3 is 0 Å². The monoisotopic (exact) mass is 465 g/mol. The van der Waals surface area contributed by atoms with Gasteiger partial charge < -0.3 is 15.0 Å². The Morgan fingerprint density at radius 3 is 2.76 bits per heavy atom. The van der Waals surface area contributed by atoms with Gasteiger partial charge in [0.2, 0.25) is 0 Å². The molecule has 2 aromatic heterocycles. The molecule has 6 nitrogen and oxygen atoms in total. The number of nitrogens with one attached hydrogen (secondary N) is 1. The van der Waals surface area contributed by atoms with Crippen LogP contribution in [-0.4, -0.2) is 41.4 Å². The second-order valence-corrected chi connectivity index (χ2v) is 9.38. The first-order valence-electron chi connectivity index (χ1n) is 11.1. The van der Waals surface area contributed by atoms with Gasteiger partial charge in [0.05, 0.1) is 24.3 Å². The van der Waals surface area contributed by atoms with Crippen LogP contribution >= 0.6 is 11.3 Å². The summed E-state index contributed by atoms with van der Waals surface area (Å²) in [7, 11) is 0. The lowest BCUT2D eigenvalue weighted by molar-refractivity contribution is -0.0228. The molecule has 0 radical (unpaired) electrons. The van der Waals surface area contributed by atoms with Crippen LogP contribution in [0.3, 0.4) is 0 Å². The summed E-state index contributed by atoms with van der Waals surface area (Å²) in [5, 5.41) is 3.57. The van der Waals surface area contributed by atoms with E-state index in [0.717, 1.165) is 36.8 Å². The van der Waals surface area contributed by atoms with E-state index in [9.17, 15) is 14.0 Å². The average Bonchev–Trinajstić information content (AvgIpc) is 3.22. The first-order valence-corrected chi connectivity index (χ1v) is 11.9. The van der Waals surface area contributed by atoms with E-state index in [1.807, 2.05) is 0 Å². The molecule has 0 spiro atoms. The predicted molar refractivity (Wildman–Crippen MR) is 124 cm³/mol. The van der Waals surface area contributed by atoms with E-state index >= 15 is 0 Å². The molecule has 2 aliphatic rings. The number of pyridine rings is 1. The first-order chi connectivity index (χ1) is 16.1. The number of carbonyl (C=O) groups is 2. The Hall–Kier alpha value is -3.10. The lowest BCUT2D eigenvalue weighted by atomic mass is 9.94. The number of rotatable bonds is 4. The summed E-state index contributed by atoms with van der Waals surface area (Å²) in [5.74, 6) is -0.672. The van der Waals surface area contributed by atoms with Crippen LogP contribution in [0.15, 0.2) is 48.8 Å². The number of benzene rings is 1. The van der Waals surface area contributed by atoms with E-state index in [1.54, 1.807) is 35.4 Å². The standard InChI is InChI=1S/C25H24FN3O3S/c26-18-9-7-16(8-10-18)20-15-29(12-13-32-20)25(31)22-19-5-1-2-6-21(19)33-24(22)28-23(30)17-4-3-11-27-14-17/h3-4,7-11,14,20H,1-2,5-6,12-13,15H2,(H,28,30). The molecule has 1 unspecified atom stereocenters. The number of morpholine rings is 1. The quantitative estimate of drug-likeness (QED) is 0.610. The van der Waals surface area contributed by atoms with Crippen molar-refractivity contribution >= 4 is 28.2 Å². The molecule has 3 heterocycles. The number of aromatic nitrogens is 1. The third kappa shape index (κ3) is 4.54. The third-order valence-corrected chi connectivity index (χ3v) is 7.34. The van der Waals surface area contributed by atoms with Crippen LogP contribution in [0, 0.1) is 5.82 Å². The van der Waals surface area contributed by atoms with E-state index in [1.165, 1.54) is 34.5 Å². The molecule has 1 aromatic carbocycles. The summed E-state index contributed by atoms with van der Waals surface area (Å²) in [6.07, 6.45) is 6.69. The molecule has 1 saturated heterocycles. The van der Waals surface area contributed by atoms with Crippen LogP contribution in [0.5, 0.6) is 0 Å². The molecule has 1 aliphatic carbocycles. The molecule has 0 saturated carbocycles. The number of ether oxygens (including phenoxy) is 1. The zero-order valence-electron chi connectivity index (χ0n) is 18.1. The number of amides is 2. The number of hydrogen-bond acceptors (Lipinski definition) is 5. The fraction of sp³-hybridized carbons (Fsp3) is 0.320. The van der Waals surface area contributed by atoms with Crippen LogP contribution in [0.2, 0.25) is 0 Å². The second kappa shape index (κ2) is 9.41. The van der Waals surface area contributed by atoms with Gasteiger partial charge in [-0.05, 0) is 61.1 Å². The van der Waals surface area contributed by atoms with E-state index in [-0.39, 0.29) is 23.7 Å². The first kappa shape index (κ1) is 21.7. The molecule has 33 heavy (non-hydrogen) atoms. The fourth-order valence-electron chi connectivity index (χ4n) is 4.42. The van der Waals surface area contributed by atoms with E-state index in [0.29, 0.717) is 35.8 Å². The number of thiophene rings is 1. The van der Waals surface area contributed by atoms with Crippen molar-refractivity contribution < 1.29 is 18.7 Å². The van der Waals surface area contributed by atoms with Gasteiger partial charge in [-0.2, -0.15) is 0 Å². The van der Waals surface area contributed by atoms with E-state index in [2.05, 4.69) is 10.3 Å². The Morgan fingerprint density at radius 1 is 1.15 bits per heavy atom. The van der Waals surface area contributed by atoms with Gasteiger partial charge in [0.15, 0.2) is 0 Å². The highest BCUT2D eigenvalue weighted by molar-refractivity contribution is 7.17. The summed E-state index contributed by atoms with van der Waals surface area (Å²) in [5.41, 5.74) is 2.95. The summed E-state index contributed by atoms with van der Waals surface area (Å²) in [6, 6.07) is 9.61. The van der Waals surface area contributed by atoms with E-state index < -0.39 is 0 Å². The molecule has 8 heteroatoms. The number of hydrogen-bond donors (Lipinski definition) is 1. The molecular weight excluding hydrogens is 441 g/mol. The maximum atomic E-state index is 13.8. The highest BCUT2D eigenvalue weighted by atomic mass is 32.1. The van der Waals surface area contributed by atoms with Gasteiger partial charge in [-0.15, -0.1) is 11.3 Å². The molecule has 2 amide bonds. The molecule has 1 fully saturated rings. The van der Waals surface area contributed by atoms with Crippen molar-refractivity contribution in [3.05, 3.63) is 81.7 Å². The average molecular weight is 466 g/mol. The Labute approximate surface area is 195 Å². The lowest BCUT2D eigenvalue weighted by Crippen LogP contribution is -2.42. The summed E-state index contributed by atoms with van der Waals surface area (Å²) < 4.78 is 19.2. The number of halogens is 1. The number of carbonyl (C=O) groups excluding carboxylic acids is 2. The topological polar surface area (TPSA) is 71.5 Å². The molecule has 3 aromatic rings. The minimum atomic E-state index is -0.314. The third-order valence-electron chi connectivity index (χ3n) is 6.13. The fourth-order valence-corrected chi connectivity index (χ4v) is 5.70. The second-order valence-electron chi connectivity index (χ2n) is 8.27. The summed E-state index contributed by atoms with van der Waals surface area (Å²) in [6.45, 7) is 1.25. The molecule has 1 aliphatic heterocycles. The van der Waals surface area contributed by atoms with Gasteiger partial charge in [0.25, 0.3) is 11.8 Å². The van der Waals surface area contributed by atoms with Crippen LogP contribution in [-0.2, 0) is 17.6 Å². The van der Waals surface area contributed by atoms with Crippen molar-refractivity contribution in [2.75, 3.05) is 25.0 Å². The van der Waals surface area contributed by atoms with Gasteiger partial charge in [-0.25, -0.2) is 4.39 Å². The lowest BCUT2D eigenvalue weighted by Gasteiger charge is -2.33. The van der Waals surface area contributed by atoms with Crippen molar-refractivity contribution in [2.45, 2.75) is 31.8 Å². The van der Waals surface area contributed by atoms with Gasteiger partial charge in [0.1, 0.15) is 16.9 Å². The smallest absolute Gasteiger partial charge is 0.257 e. The van der Waals surface area contributed by atoms with Crippen molar-refractivity contribution in [2.24, 2.45) is 0 Å². The number of fused-ring (bicyclic) bond motifs is 1. The molecule has 0 bridgehead atoms. The molecule has 1 N–H and O–H groups in total. The number of aryl methyl sites for hydroxylation is 1. The van der Waals surface area contributed by atoms with Crippen molar-refractivity contribution in [3.63, 3.8) is 0 Å². The van der Waals surface area contributed by atoms with Crippen LogP contribution in [0.4, 0.5) is 9.39 Å². The zero-order valence-corrected chi connectivity index (χ0v) is 18.9. The Balaban J connectivity index is 1.42. The Bertz CT molecular complexity index is 1160. The van der Waals surface area contributed by atoms with E-state index in [4.69, 9.17) is 4.74 Å². The number of nitrogens with zero attached hydrogens (tertiary/aromatic N) is 2. The van der Waals surface area contributed by atoms with Gasteiger partial charge in [0, 0.05) is 23.8 Å². The maximum Gasteiger partial charge on any atom is 0.257 e. The minimum Gasteiger partial charge on any atom is -0.370 e.